The minimum Gasteiger partial charge on any atom is -0.458 e. The Labute approximate surface area is 256 Å². The number of alkyl carbamates (subject to hydrolysis) is 1. The van der Waals surface area contributed by atoms with Crippen molar-refractivity contribution < 1.29 is 28.7 Å². The summed E-state index contributed by atoms with van der Waals surface area (Å²) in [5, 5.41) is 5.47. The van der Waals surface area contributed by atoms with Crippen molar-refractivity contribution in [3.05, 3.63) is 83.4 Å². The largest absolute Gasteiger partial charge is 0.458 e. The van der Waals surface area contributed by atoms with Crippen molar-refractivity contribution in [2.45, 2.75) is 98.1 Å². The Bertz CT molecular complexity index is 1270. The van der Waals surface area contributed by atoms with E-state index in [1.807, 2.05) is 62.4 Å². The van der Waals surface area contributed by atoms with Gasteiger partial charge in [0.2, 0.25) is 11.8 Å². The Balaban J connectivity index is 2.56. The molecule has 234 valence electrons. The van der Waals surface area contributed by atoms with E-state index in [-0.39, 0.29) is 13.0 Å². The minimum absolute atomic E-state index is 0.000816. The molecule has 0 aliphatic rings. The summed E-state index contributed by atoms with van der Waals surface area (Å²) >= 11 is 0. The number of nitrogens with one attached hydrogen (secondary N) is 2. The molecule has 0 radical (unpaired) electrons. The zero-order valence-electron chi connectivity index (χ0n) is 26.9. The van der Waals surface area contributed by atoms with Gasteiger partial charge in [-0.05, 0) is 84.6 Å². The van der Waals surface area contributed by atoms with Crippen molar-refractivity contribution in [1.29, 1.82) is 0 Å². The second-order valence-corrected chi connectivity index (χ2v) is 12.6. The first-order valence-corrected chi connectivity index (χ1v) is 14.5. The molecule has 3 amide bonds. The topological polar surface area (TPSA) is 114 Å². The lowest BCUT2D eigenvalue weighted by atomic mass is 9.93. The van der Waals surface area contributed by atoms with Crippen LogP contribution in [-0.4, -0.2) is 58.6 Å². The number of nitrogens with zero attached hydrogens (tertiary/aromatic N) is 1. The zero-order valence-corrected chi connectivity index (χ0v) is 26.9. The molecule has 9 nitrogen and oxygen atoms in total. The average Bonchev–Trinajstić information content (AvgIpc) is 2.87. The van der Waals surface area contributed by atoms with E-state index < -0.39 is 53.2 Å². The Morgan fingerprint density at radius 1 is 0.860 bits per heavy atom. The Kier molecular flexibility index (Phi) is 12.1. The van der Waals surface area contributed by atoms with Crippen LogP contribution in [-0.2, 0) is 30.3 Å². The summed E-state index contributed by atoms with van der Waals surface area (Å²) in [5.41, 5.74) is 1.47. The summed E-state index contributed by atoms with van der Waals surface area (Å²) in [6.07, 6.45) is 0.946. The van der Waals surface area contributed by atoms with Gasteiger partial charge in [0, 0.05) is 13.0 Å². The zero-order chi connectivity index (χ0) is 32.5. The lowest BCUT2D eigenvalue weighted by molar-refractivity contribution is -0.159. The van der Waals surface area contributed by atoms with Crippen LogP contribution in [0.15, 0.2) is 61.2 Å². The van der Waals surface area contributed by atoms with Gasteiger partial charge in [-0.15, -0.1) is 6.58 Å². The van der Waals surface area contributed by atoms with E-state index in [1.54, 1.807) is 41.5 Å². The highest BCUT2D eigenvalue weighted by atomic mass is 16.6. The van der Waals surface area contributed by atoms with Crippen LogP contribution < -0.4 is 10.6 Å². The van der Waals surface area contributed by atoms with Crippen LogP contribution in [0.3, 0.4) is 0 Å². The van der Waals surface area contributed by atoms with Crippen LogP contribution in [0.1, 0.15) is 76.8 Å². The molecular weight excluding hydrogens is 546 g/mol. The lowest BCUT2D eigenvalue weighted by Gasteiger charge is -2.35. The van der Waals surface area contributed by atoms with Gasteiger partial charge in [0.25, 0.3) is 0 Å². The van der Waals surface area contributed by atoms with E-state index in [0.29, 0.717) is 5.56 Å². The van der Waals surface area contributed by atoms with Crippen LogP contribution in [0.25, 0.3) is 0 Å². The monoisotopic (exact) mass is 593 g/mol. The Morgan fingerprint density at radius 3 is 1.93 bits per heavy atom. The molecule has 0 fully saturated rings. The number of rotatable bonds is 11. The van der Waals surface area contributed by atoms with Gasteiger partial charge >= 0.3 is 12.1 Å². The number of carbonyl (C=O) groups excluding carboxylic acids is 4. The molecule has 3 unspecified atom stereocenters. The fourth-order valence-electron chi connectivity index (χ4n) is 4.61. The minimum atomic E-state index is -1.14. The summed E-state index contributed by atoms with van der Waals surface area (Å²) in [5.74, 6) is -1.68. The molecule has 0 saturated carbocycles. The number of hydrogen-bond donors (Lipinski definition) is 2. The van der Waals surface area contributed by atoms with E-state index in [1.165, 1.54) is 17.9 Å². The number of esters is 1. The Morgan fingerprint density at radius 2 is 1.42 bits per heavy atom. The first-order chi connectivity index (χ1) is 19.9. The molecule has 3 atom stereocenters. The molecule has 0 aliphatic heterocycles. The van der Waals surface area contributed by atoms with Gasteiger partial charge in [0.1, 0.15) is 29.3 Å². The molecule has 2 rings (SSSR count). The van der Waals surface area contributed by atoms with E-state index in [9.17, 15) is 19.2 Å². The average molecular weight is 594 g/mol. The molecule has 2 aromatic rings. The fraction of sp³-hybridized carbons (Fsp3) is 0.471. The SMILES string of the molecule is C=CCN(C(=O)C(C)NC(=O)OC(C)(C)C)C(C(=O)NC(Cc1ccccc1)C(=O)OC(C)(C)C)c1c(C)cccc1C. The van der Waals surface area contributed by atoms with Crippen molar-refractivity contribution in [2.75, 3.05) is 6.54 Å². The van der Waals surface area contributed by atoms with E-state index in [0.717, 1.165) is 16.7 Å². The third kappa shape index (κ3) is 10.9. The van der Waals surface area contributed by atoms with Gasteiger partial charge < -0.3 is 25.0 Å². The first-order valence-electron chi connectivity index (χ1n) is 14.5. The normalized spacial score (nSPS) is 13.6. The van der Waals surface area contributed by atoms with Crippen LogP contribution in [0.5, 0.6) is 0 Å². The highest BCUT2D eigenvalue weighted by Crippen LogP contribution is 2.29. The second kappa shape index (κ2) is 14.8. The standard InChI is InChI=1S/C34H47N3O6/c1-11-20-37(30(39)24(4)35-32(41)43-34(8,9)10)28(27-22(2)16-15-17-23(27)3)29(38)36-26(31(40)42-33(5,6)7)21-25-18-13-12-14-19-25/h11-19,24,26,28H,1,20-21H2,2-10H3,(H,35,41)(H,36,38). The molecule has 0 aliphatic carbocycles. The molecule has 0 aromatic heterocycles. The van der Waals surface area contributed by atoms with Gasteiger partial charge in [0.15, 0.2) is 0 Å². The molecular formula is C34H47N3O6. The number of amides is 3. The third-order valence-corrected chi connectivity index (χ3v) is 6.38. The molecule has 43 heavy (non-hydrogen) atoms. The maximum atomic E-state index is 14.3. The fourth-order valence-corrected chi connectivity index (χ4v) is 4.61. The molecule has 0 spiro atoms. The van der Waals surface area contributed by atoms with Crippen molar-refractivity contribution in [3.63, 3.8) is 0 Å². The third-order valence-electron chi connectivity index (χ3n) is 6.38. The number of hydrogen-bond acceptors (Lipinski definition) is 6. The predicted octanol–water partition coefficient (Wildman–Crippen LogP) is 5.34. The van der Waals surface area contributed by atoms with Crippen molar-refractivity contribution in [1.82, 2.24) is 15.5 Å². The second-order valence-electron chi connectivity index (χ2n) is 12.6. The van der Waals surface area contributed by atoms with Crippen LogP contribution >= 0.6 is 0 Å². The van der Waals surface area contributed by atoms with E-state index in [2.05, 4.69) is 17.2 Å². The summed E-state index contributed by atoms with van der Waals surface area (Å²) in [4.78, 5) is 55.4. The number of carbonyl (C=O) groups is 4. The van der Waals surface area contributed by atoms with E-state index in [4.69, 9.17) is 9.47 Å². The predicted molar refractivity (Wildman–Crippen MR) is 167 cm³/mol. The summed E-state index contributed by atoms with van der Waals surface area (Å²) in [6, 6.07) is 11.7. The summed E-state index contributed by atoms with van der Waals surface area (Å²) in [7, 11) is 0. The van der Waals surface area contributed by atoms with Gasteiger partial charge in [0.05, 0.1) is 0 Å². The quantitative estimate of drug-likeness (QED) is 0.269. The molecule has 0 heterocycles. The number of aryl methyl sites for hydroxylation is 2. The smallest absolute Gasteiger partial charge is 0.408 e. The molecule has 2 aromatic carbocycles. The van der Waals surface area contributed by atoms with Crippen molar-refractivity contribution >= 4 is 23.9 Å². The molecule has 9 heteroatoms. The Hall–Kier alpha value is -4.14. The van der Waals surface area contributed by atoms with Gasteiger partial charge in [-0.1, -0.05) is 54.6 Å². The highest BCUT2D eigenvalue weighted by Gasteiger charge is 2.38. The van der Waals surface area contributed by atoms with Gasteiger partial charge in [-0.25, -0.2) is 9.59 Å². The summed E-state index contributed by atoms with van der Waals surface area (Å²) in [6.45, 7) is 19.5. The van der Waals surface area contributed by atoms with Crippen molar-refractivity contribution in [3.8, 4) is 0 Å². The maximum absolute atomic E-state index is 14.3. The maximum Gasteiger partial charge on any atom is 0.408 e. The number of benzene rings is 2. The van der Waals surface area contributed by atoms with Crippen LogP contribution in [0.4, 0.5) is 4.79 Å². The van der Waals surface area contributed by atoms with Crippen molar-refractivity contribution in [2.24, 2.45) is 0 Å². The molecule has 0 bridgehead atoms. The lowest BCUT2D eigenvalue weighted by Crippen LogP contribution is -2.54. The number of ether oxygens (including phenoxy) is 2. The first kappa shape index (κ1) is 35.1. The highest BCUT2D eigenvalue weighted by molar-refractivity contribution is 5.94. The van der Waals surface area contributed by atoms with Crippen LogP contribution in [0, 0.1) is 13.8 Å². The molecule has 2 N–H and O–H groups in total. The summed E-state index contributed by atoms with van der Waals surface area (Å²) < 4.78 is 11.0. The van der Waals surface area contributed by atoms with Gasteiger partial charge in [-0.2, -0.15) is 0 Å². The van der Waals surface area contributed by atoms with Gasteiger partial charge in [-0.3, -0.25) is 9.59 Å². The van der Waals surface area contributed by atoms with Crippen LogP contribution in [0.2, 0.25) is 0 Å². The van der Waals surface area contributed by atoms with E-state index >= 15 is 0 Å². The molecule has 0 saturated heterocycles.